The Morgan fingerprint density at radius 1 is 1.11 bits per heavy atom. The third-order valence-electron chi connectivity index (χ3n) is 4.23. The minimum Gasteiger partial charge on any atom is -0.481 e. The van der Waals surface area contributed by atoms with Crippen LogP contribution in [0.3, 0.4) is 0 Å². The Labute approximate surface area is 108 Å². The molecule has 5 nitrogen and oxygen atoms in total. The first-order chi connectivity index (χ1) is 8.58. The molecule has 5 heteroatoms. The average Bonchev–Trinajstić information content (AvgIpc) is 2.39. The molecule has 2 fully saturated rings. The zero-order valence-corrected chi connectivity index (χ0v) is 11.0. The maximum atomic E-state index is 11.3. The van der Waals surface area contributed by atoms with Gasteiger partial charge in [0.15, 0.2) is 0 Å². The van der Waals surface area contributed by atoms with Crippen LogP contribution in [0.25, 0.3) is 0 Å². The van der Waals surface area contributed by atoms with Crippen LogP contribution in [0.15, 0.2) is 0 Å². The van der Waals surface area contributed by atoms with Crippen molar-refractivity contribution in [3.63, 3.8) is 0 Å². The zero-order valence-electron chi connectivity index (χ0n) is 11.0. The number of hydrogen-bond donors (Lipinski definition) is 1. The van der Waals surface area contributed by atoms with Crippen molar-refractivity contribution in [3.8, 4) is 0 Å². The van der Waals surface area contributed by atoms with Gasteiger partial charge in [0.25, 0.3) is 0 Å². The van der Waals surface area contributed by atoms with Gasteiger partial charge in [-0.1, -0.05) is 0 Å². The number of amides is 1. The van der Waals surface area contributed by atoms with Crippen LogP contribution >= 0.6 is 0 Å². The molecule has 102 valence electrons. The van der Waals surface area contributed by atoms with Crippen LogP contribution in [-0.2, 0) is 9.59 Å². The van der Waals surface area contributed by atoms with Crippen molar-refractivity contribution >= 4 is 11.9 Å². The van der Waals surface area contributed by atoms with Gasteiger partial charge >= 0.3 is 5.97 Å². The third-order valence-corrected chi connectivity index (χ3v) is 4.23. The minimum atomic E-state index is -0.666. The number of hydrogen-bond acceptors (Lipinski definition) is 3. The van der Waals surface area contributed by atoms with Crippen molar-refractivity contribution in [1.29, 1.82) is 0 Å². The fourth-order valence-electron chi connectivity index (χ4n) is 3.09. The van der Waals surface area contributed by atoms with E-state index in [2.05, 4.69) is 4.90 Å². The molecular weight excluding hydrogens is 232 g/mol. The molecule has 1 atom stereocenters. The Kier molecular flexibility index (Phi) is 4.22. The van der Waals surface area contributed by atoms with Crippen LogP contribution in [0.1, 0.15) is 32.6 Å². The van der Waals surface area contributed by atoms with E-state index in [9.17, 15) is 9.59 Å². The summed E-state index contributed by atoms with van der Waals surface area (Å²) in [7, 11) is 0. The predicted octanol–water partition coefficient (Wildman–Crippen LogP) is 0.794. The van der Waals surface area contributed by atoms with Gasteiger partial charge in [-0.25, -0.2) is 0 Å². The van der Waals surface area contributed by atoms with Crippen molar-refractivity contribution < 1.29 is 14.7 Å². The van der Waals surface area contributed by atoms with E-state index in [0.29, 0.717) is 12.6 Å². The van der Waals surface area contributed by atoms with Gasteiger partial charge in [-0.2, -0.15) is 0 Å². The zero-order chi connectivity index (χ0) is 13.1. The summed E-state index contributed by atoms with van der Waals surface area (Å²) in [5, 5.41) is 9.09. The summed E-state index contributed by atoms with van der Waals surface area (Å²) in [4.78, 5) is 26.5. The lowest BCUT2D eigenvalue weighted by molar-refractivity contribution is -0.144. The van der Waals surface area contributed by atoms with Crippen molar-refractivity contribution in [1.82, 2.24) is 9.80 Å². The van der Waals surface area contributed by atoms with E-state index in [4.69, 9.17) is 5.11 Å². The van der Waals surface area contributed by atoms with Gasteiger partial charge in [-0.3, -0.25) is 14.5 Å². The van der Waals surface area contributed by atoms with E-state index in [1.165, 1.54) is 0 Å². The summed E-state index contributed by atoms with van der Waals surface area (Å²) in [6, 6.07) is 0.461. The van der Waals surface area contributed by atoms with Gasteiger partial charge in [0.2, 0.25) is 5.91 Å². The molecule has 0 unspecified atom stereocenters. The summed E-state index contributed by atoms with van der Waals surface area (Å²) >= 11 is 0. The molecule has 0 aromatic carbocycles. The molecule has 0 aliphatic carbocycles. The van der Waals surface area contributed by atoms with Gasteiger partial charge in [0.05, 0.1) is 5.92 Å². The summed E-state index contributed by atoms with van der Waals surface area (Å²) in [5.74, 6) is -0.721. The van der Waals surface area contributed by atoms with Crippen molar-refractivity contribution in [3.05, 3.63) is 0 Å². The fraction of sp³-hybridized carbons (Fsp3) is 0.846. The largest absolute Gasteiger partial charge is 0.481 e. The summed E-state index contributed by atoms with van der Waals surface area (Å²) in [6.45, 7) is 4.93. The highest BCUT2D eigenvalue weighted by atomic mass is 16.4. The monoisotopic (exact) mass is 254 g/mol. The van der Waals surface area contributed by atoms with Gasteiger partial charge in [-0.15, -0.1) is 0 Å². The van der Waals surface area contributed by atoms with E-state index in [-0.39, 0.29) is 11.8 Å². The molecule has 2 aliphatic heterocycles. The molecule has 0 aromatic rings. The second-order valence-electron chi connectivity index (χ2n) is 5.41. The third kappa shape index (κ3) is 3.02. The Balaban J connectivity index is 1.85. The fourth-order valence-corrected chi connectivity index (χ4v) is 3.09. The summed E-state index contributed by atoms with van der Waals surface area (Å²) < 4.78 is 0. The highest BCUT2D eigenvalue weighted by Gasteiger charge is 2.31. The maximum Gasteiger partial charge on any atom is 0.307 e. The van der Waals surface area contributed by atoms with Gasteiger partial charge in [-0.05, 0) is 32.2 Å². The van der Waals surface area contributed by atoms with Crippen molar-refractivity contribution in [2.24, 2.45) is 5.92 Å². The lowest BCUT2D eigenvalue weighted by Crippen LogP contribution is -2.50. The van der Waals surface area contributed by atoms with Crippen LogP contribution in [0.5, 0.6) is 0 Å². The lowest BCUT2D eigenvalue weighted by Gasteiger charge is -2.41. The maximum absolute atomic E-state index is 11.3. The number of carbonyl (C=O) groups is 2. The lowest BCUT2D eigenvalue weighted by atomic mass is 9.94. The first-order valence-electron chi connectivity index (χ1n) is 6.80. The van der Waals surface area contributed by atoms with Gasteiger partial charge in [0, 0.05) is 32.6 Å². The molecule has 18 heavy (non-hydrogen) atoms. The molecule has 0 spiro atoms. The van der Waals surface area contributed by atoms with E-state index in [1.807, 2.05) is 4.90 Å². The van der Waals surface area contributed by atoms with Gasteiger partial charge in [0.1, 0.15) is 0 Å². The second-order valence-corrected chi connectivity index (χ2v) is 5.41. The Bertz CT molecular complexity index is 324. The number of nitrogens with zero attached hydrogens (tertiary/aromatic N) is 2. The number of carbonyl (C=O) groups excluding carboxylic acids is 1. The quantitative estimate of drug-likeness (QED) is 0.791. The first kappa shape index (κ1) is 13.3. The minimum absolute atomic E-state index is 0.149. The number of aliphatic carboxylic acids is 1. The van der Waals surface area contributed by atoms with Crippen LogP contribution in [0.2, 0.25) is 0 Å². The summed E-state index contributed by atoms with van der Waals surface area (Å²) in [6.07, 6.45) is 3.74. The molecule has 2 aliphatic rings. The molecule has 0 aromatic heterocycles. The van der Waals surface area contributed by atoms with Crippen LogP contribution in [0.4, 0.5) is 0 Å². The Morgan fingerprint density at radius 2 is 1.78 bits per heavy atom. The van der Waals surface area contributed by atoms with E-state index in [1.54, 1.807) is 6.92 Å². The number of carboxylic acid groups (broad SMARTS) is 1. The standard InChI is InChI=1S/C13H22N2O3/c1-10(16)14-7-4-12(5-8-14)15-6-2-3-11(9-15)13(17)18/h11-12H,2-9H2,1H3,(H,17,18)/t11-/m1/s1. The molecule has 2 heterocycles. The number of likely N-dealkylation sites (tertiary alicyclic amines) is 2. The smallest absolute Gasteiger partial charge is 0.307 e. The normalized spacial score (nSPS) is 27.2. The van der Waals surface area contributed by atoms with E-state index in [0.717, 1.165) is 45.3 Å². The molecule has 1 N–H and O–H groups in total. The summed E-state index contributed by atoms with van der Waals surface area (Å²) in [5.41, 5.74) is 0. The Hall–Kier alpha value is -1.10. The Morgan fingerprint density at radius 3 is 2.33 bits per heavy atom. The highest BCUT2D eigenvalue weighted by Crippen LogP contribution is 2.23. The highest BCUT2D eigenvalue weighted by molar-refractivity contribution is 5.73. The van der Waals surface area contributed by atoms with E-state index < -0.39 is 5.97 Å². The second kappa shape index (κ2) is 5.69. The van der Waals surface area contributed by atoms with E-state index >= 15 is 0 Å². The van der Waals surface area contributed by atoms with Crippen molar-refractivity contribution in [2.75, 3.05) is 26.2 Å². The number of carboxylic acids is 1. The molecule has 1 amide bonds. The van der Waals surface area contributed by atoms with Crippen molar-refractivity contribution in [2.45, 2.75) is 38.6 Å². The molecule has 0 saturated carbocycles. The number of piperidine rings is 2. The molecule has 0 bridgehead atoms. The van der Waals surface area contributed by atoms with Crippen LogP contribution in [0, 0.1) is 5.92 Å². The molecule has 0 radical (unpaired) electrons. The number of rotatable bonds is 2. The SMILES string of the molecule is CC(=O)N1CCC(N2CCC[C@@H](C(=O)O)C2)CC1. The first-order valence-corrected chi connectivity index (χ1v) is 6.80. The molecule has 2 rings (SSSR count). The average molecular weight is 254 g/mol. The topological polar surface area (TPSA) is 60.9 Å². The van der Waals surface area contributed by atoms with Crippen LogP contribution < -0.4 is 0 Å². The van der Waals surface area contributed by atoms with Gasteiger partial charge < -0.3 is 10.0 Å². The van der Waals surface area contributed by atoms with Crippen LogP contribution in [-0.4, -0.2) is 59.0 Å². The molecular formula is C13H22N2O3. The predicted molar refractivity (Wildman–Crippen MR) is 67.2 cm³/mol. The molecule has 2 saturated heterocycles.